The minimum absolute atomic E-state index is 0.0915. The van der Waals surface area contributed by atoms with Crippen LogP contribution in [0.2, 0.25) is 0 Å². The van der Waals surface area contributed by atoms with Crippen molar-refractivity contribution in [2.24, 2.45) is 0 Å². The first-order valence-electron chi connectivity index (χ1n) is 4.70. The lowest BCUT2D eigenvalue weighted by Gasteiger charge is -2.40. The Morgan fingerprint density at radius 3 is 2.00 bits per heavy atom. The fourth-order valence-electron chi connectivity index (χ4n) is 2.54. The highest BCUT2D eigenvalue weighted by Gasteiger charge is 2.54. The van der Waals surface area contributed by atoms with Crippen LogP contribution in [0, 0.1) is 0 Å². The van der Waals surface area contributed by atoms with Gasteiger partial charge >= 0.3 is 0 Å². The van der Waals surface area contributed by atoms with Gasteiger partial charge in [0.25, 0.3) is 0 Å². The second-order valence-electron chi connectivity index (χ2n) is 4.29. The second kappa shape index (κ2) is 3.32. The highest BCUT2D eigenvalue weighted by atomic mass is 127. The molecule has 0 radical (unpaired) electrons. The summed E-state index contributed by atoms with van der Waals surface area (Å²) in [6, 6.07) is 0. The molecule has 0 spiro atoms. The molecule has 3 nitrogen and oxygen atoms in total. The van der Waals surface area contributed by atoms with Crippen LogP contribution in [0.3, 0.4) is 0 Å². The van der Waals surface area contributed by atoms with E-state index >= 15 is 0 Å². The molecule has 2 aliphatic heterocycles. The average molecular weight is 298 g/mol. The van der Waals surface area contributed by atoms with E-state index in [2.05, 4.69) is 22.6 Å². The van der Waals surface area contributed by atoms with Gasteiger partial charge in [-0.15, -0.1) is 0 Å². The van der Waals surface area contributed by atoms with Gasteiger partial charge in [0.2, 0.25) is 0 Å². The molecule has 76 valence electrons. The highest BCUT2D eigenvalue weighted by molar-refractivity contribution is 14.1. The van der Waals surface area contributed by atoms with Gasteiger partial charge in [-0.2, -0.15) is 0 Å². The number of halogens is 1. The first-order chi connectivity index (χ1) is 6.14. The van der Waals surface area contributed by atoms with E-state index in [9.17, 15) is 10.2 Å². The SMILES string of the molecule is OC[C@]12CC[C@](CO)(CC(I)C1)O2. The predicted octanol–water partition coefficient (Wildman–Crippen LogP) is 0.856. The van der Waals surface area contributed by atoms with Crippen LogP contribution in [-0.2, 0) is 4.74 Å². The zero-order valence-corrected chi connectivity index (χ0v) is 9.66. The van der Waals surface area contributed by atoms with E-state index in [1.807, 2.05) is 0 Å². The van der Waals surface area contributed by atoms with Crippen molar-refractivity contribution in [1.82, 2.24) is 0 Å². The second-order valence-corrected chi connectivity index (χ2v) is 6.05. The molecule has 2 N–H and O–H groups in total. The number of rotatable bonds is 2. The maximum absolute atomic E-state index is 9.29. The van der Waals surface area contributed by atoms with E-state index < -0.39 is 0 Å². The zero-order valence-electron chi connectivity index (χ0n) is 7.50. The van der Waals surface area contributed by atoms with Gasteiger partial charge in [-0.05, 0) is 25.7 Å². The molecule has 0 aromatic rings. The number of ether oxygens (including phenoxy) is 1. The minimum atomic E-state index is -0.340. The van der Waals surface area contributed by atoms with Crippen molar-refractivity contribution in [2.45, 2.75) is 40.8 Å². The molecule has 2 rings (SSSR count). The van der Waals surface area contributed by atoms with Crippen LogP contribution in [0.4, 0.5) is 0 Å². The molecule has 2 bridgehead atoms. The third-order valence-electron chi connectivity index (χ3n) is 3.23. The molecule has 4 heteroatoms. The van der Waals surface area contributed by atoms with E-state index in [1.54, 1.807) is 0 Å². The Balaban J connectivity index is 2.20. The molecule has 2 fully saturated rings. The Kier molecular flexibility index (Phi) is 2.59. The summed E-state index contributed by atoms with van der Waals surface area (Å²) in [6.07, 6.45) is 3.63. The molecule has 13 heavy (non-hydrogen) atoms. The normalized spacial score (nSPS) is 49.6. The summed E-state index contributed by atoms with van der Waals surface area (Å²) in [5, 5.41) is 18.6. The Labute approximate surface area is 91.6 Å². The van der Waals surface area contributed by atoms with Gasteiger partial charge in [0.15, 0.2) is 0 Å². The zero-order chi connectivity index (χ0) is 9.53. The predicted molar refractivity (Wildman–Crippen MR) is 57.0 cm³/mol. The van der Waals surface area contributed by atoms with Crippen molar-refractivity contribution in [3.05, 3.63) is 0 Å². The van der Waals surface area contributed by atoms with E-state index in [1.165, 1.54) is 0 Å². The molecule has 0 amide bonds. The van der Waals surface area contributed by atoms with Crippen molar-refractivity contribution in [2.75, 3.05) is 13.2 Å². The lowest BCUT2D eigenvalue weighted by Crippen LogP contribution is -2.48. The molecule has 2 aliphatic rings. The maximum atomic E-state index is 9.29. The Morgan fingerprint density at radius 1 is 1.15 bits per heavy atom. The van der Waals surface area contributed by atoms with Crippen molar-refractivity contribution in [3.63, 3.8) is 0 Å². The van der Waals surface area contributed by atoms with Crippen LogP contribution < -0.4 is 0 Å². The molecule has 0 saturated carbocycles. The summed E-state index contributed by atoms with van der Waals surface area (Å²) in [7, 11) is 0. The van der Waals surface area contributed by atoms with Gasteiger partial charge in [0.05, 0.1) is 24.4 Å². The van der Waals surface area contributed by atoms with E-state index in [0.717, 1.165) is 25.7 Å². The molecule has 0 aromatic heterocycles. The number of hydrogen-bond donors (Lipinski definition) is 2. The fourth-order valence-corrected chi connectivity index (χ4v) is 4.14. The van der Waals surface area contributed by atoms with Gasteiger partial charge < -0.3 is 14.9 Å². The van der Waals surface area contributed by atoms with E-state index in [4.69, 9.17) is 4.74 Å². The van der Waals surface area contributed by atoms with Crippen molar-refractivity contribution in [3.8, 4) is 0 Å². The smallest absolute Gasteiger partial charge is 0.0931 e. The van der Waals surface area contributed by atoms with Crippen LogP contribution in [0.1, 0.15) is 25.7 Å². The molecular formula is C9H15IO3. The van der Waals surface area contributed by atoms with Crippen molar-refractivity contribution < 1.29 is 14.9 Å². The first-order valence-corrected chi connectivity index (χ1v) is 5.94. The molecule has 1 unspecified atom stereocenters. The van der Waals surface area contributed by atoms with Crippen LogP contribution in [-0.4, -0.2) is 38.6 Å². The number of aliphatic hydroxyl groups excluding tert-OH is 2. The third kappa shape index (κ3) is 1.62. The summed E-state index contributed by atoms with van der Waals surface area (Å²) in [5.74, 6) is 0. The van der Waals surface area contributed by atoms with E-state index in [0.29, 0.717) is 3.92 Å². The van der Waals surface area contributed by atoms with Gasteiger partial charge in [0, 0.05) is 3.92 Å². The summed E-state index contributed by atoms with van der Waals surface area (Å²) in [6.45, 7) is 0.183. The van der Waals surface area contributed by atoms with Crippen LogP contribution in [0.5, 0.6) is 0 Å². The van der Waals surface area contributed by atoms with Crippen molar-refractivity contribution in [1.29, 1.82) is 0 Å². The van der Waals surface area contributed by atoms with Crippen LogP contribution in [0.25, 0.3) is 0 Å². The Hall–Kier alpha value is 0.610. The average Bonchev–Trinajstić information content (AvgIpc) is 2.41. The van der Waals surface area contributed by atoms with E-state index in [-0.39, 0.29) is 24.4 Å². The molecule has 2 saturated heterocycles. The first kappa shape index (κ1) is 10.1. The van der Waals surface area contributed by atoms with Crippen molar-refractivity contribution >= 4 is 22.6 Å². The minimum Gasteiger partial charge on any atom is -0.393 e. The largest absolute Gasteiger partial charge is 0.393 e. The number of alkyl halides is 1. The standard InChI is InChI=1S/C9H15IO3/c10-7-3-8(5-11)1-2-9(4-7,6-12)13-8/h7,11-12H,1-6H2/t7?,8-,9+. The summed E-state index contributed by atoms with van der Waals surface area (Å²) in [5.41, 5.74) is -0.681. The molecular weight excluding hydrogens is 283 g/mol. The number of aliphatic hydroxyl groups is 2. The van der Waals surface area contributed by atoms with Gasteiger partial charge in [0.1, 0.15) is 0 Å². The monoisotopic (exact) mass is 298 g/mol. The maximum Gasteiger partial charge on any atom is 0.0931 e. The Bertz CT molecular complexity index is 191. The fraction of sp³-hybridized carbons (Fsp3) is 1.00. The Morgan fingerprint density at radius 2 is 1.62 bits per heavy atom. The topological polar surface area (TPSA) is 49.7 Å². The summed E-state index contributed by atoms with van der Waals surface area (Å²) >= 11 is 2.39. The van der Waals surface area contributed by atoms with Crippen LogP contribution >= 0.6 is 22.6 Å². The van der Waals surface area contributed by atoms with Gasteiger partial charge in [-0.3, -0.25) is 0 Å². The molecule has 0 aliphatic carbocycles. The molecule has 0 aromatic carbocycles. The number of fused-ring (bicyclic) bond motifs is 2. The lowest BCUT2D eigenvalue weighted by atomic mass is 9.93. The summed E-state index contributed by atoms with van der Waals surface area (Å²) < 4.78 is 6.36. The molecule has 3 atom stereocenters. The van der Waals surface area contributed by atoms with Gasteiger partial charge in [-0.25, -0.2) is 0 Å². The lowest BCUT2D eigenvalue weighted by molar-refractivity contribution is -0.167. The highest BCUT2D eigenvalue weighted by Crippen LogP contribution is 2.49. The van der Waals surface area contributed by atoms with Gasteiger partial charge in [-0.1, -0.05) is 22.6 Å². The third-order valence-corrected chi connectivity index (χ3v) is 4.11. The molecule has 2 heterocycles. The number of hydrogen-bond acceptors (Lipinski definition) is 3. The summed E-state index contributed by atoms with van der Waals surface area (Å²) in [4.78, 5) is 0. The quantitative estimate of drug-likeness (QED) is 0.587. The van der Waals surface area contributed by atoms with Crippen LogP contribution in [0.15, 0.2) is 0 Å².